The second-order valence-electron chi connectivity index (χ2n) is 5.18. The van der Waals surface area contributed by atoms with Crippen molar-refractivity contribution in [3.63, 3.8) is 0 Å². The van der Waals surface area contributed by atoms with Crippen molar-refractivity contribution >= 4 is 5.96 Å². The van der Waals surface area contributed by atoms with Gasteiger partial charge in [0.05, 0.1) is 6.54 Å². The molecule has 0 heterocycles. The van der Waals surface area contributed by atoms with E-state index in [-0.39, 0.29) is 5.82 Å². The van der Waals surface area contributed by atoms with E-state index in [1.54, 1.807) is 6.07 Å². The number of hydrogen-bond acceptors (Lipinski definition) is 2. The zero-order chi connectivity index (χ0) is 15.1. The highest BCUT2D eigenvalue weighted by atomic mass is 19.1. The predicted molar refractivity (Wildman–Crippen MR) is 81.9 cm³/mol. The van der Waals surface area contributed by atoms with Gasteiger partial charge in [-0.2, -0.15) is 0 Å². The molecule has 0 spiro atoms. The summed E-state index contributed by atoms with van der Waals surface area (Å²) < 4.78 is 13.9. The minimum atomic E-state index is -0.208. The zero-order valence-corrected chi connectivity index (χ0v) is 12.4. The molecule has 0 aliphatic rings. The monoisotopic (exact) mass is 278 g/mol. The summed E-state index contributed by atoms with van der Waals surface area (Å²) >= 11 is 0. The second-order valence-corrected chi connectivity index (χ2v) is 5.18. The quantitative estimate of drug-likeness (QED) is 0.474. The Labute approximate surface area is 120 Å². The molecule has 110 valence electrons. The van der Waals surface area contributed by atoms with E-state index in [9.17, 15) is 4.39 Å². The summed E-state index contributed by atoms with van der Waals surface area (Å²) in [7, 11) is 3.82. The van der Waals surface area contributed by atoms with Crippen LogP contribution in [0.2, 0.25) is 0 Å². The maximum Gasteiger partial charge on any atom is 0.189 e. The van der Waals surface area contributed by atoms with Gasteiger partial charge in [0.1, 0.15) is 5.82 Å². The summed E-state index contributed by atoms with van der Waals surface area (Å²) in [5.74, 6) is 0.130. The number of nitrogens with zero attached hydrogens (tertiary/aromatic N) is 2. The van der Waals surface area contributed by atoms with Crippen LogP contribution in [0.1, 0.15) is 18.1 Å². The molecule has 0 aromatic heterocycles. The molecule has 0 atom stereocenters. The van der Waals surface area contributed by atoms with E-state index < -0.39 is 0 Å². The number of hydrogen-bond donors (Lipinski definition) is 2. The Kier molecular flexibility index (Phi) is 6.18. The van der Waals surface area contributed by atoms with Crippen LogP contribution in [0.5, 0.6) is 0 Å². The molecule has 5 heteroatoms. The summed E-state index contributed by atoms with van der Waals surface area (Å²) in [5, 5.41) is 2.93. The first kappa shape index (κ1) is 16.2. The third-order valence-corrected chi connectivity index (χ3v) is 2.61. The highest BCUT2D eigenvalue weighted by Gasteiger charge is 2.04. The van der Waals surface area contributed by atoms with Crippen LogP contribution in [-0.2, 0) is 13.1 Å². The molecule has 1 aromatic rings. The van der Waals surface area contributed by atoms with E-state index in [0.717, 1.165) is 11.1 Å². The molecular weight excluding hydrogens is 255 g/mol. The smallest absolute Gasteiger partial charge is 0.189 e. The number of halogens is 1. The summed E-state index contributed by atoms with van der Waals surface area (Å²) in [5.41, 5.74) is 8.15. The molecule has 0 fully saturated rings. The molecule has 0 radical (unpaired) electrons. The molecule has 1 aromatic carbocycles. The van der Waals surface area contributed by atoms with Gasteiger partial charge in [-0.15, -0.1) is 0 Å². The predicted octanol–water partition coefficient (Wildman–Crippen LogP) is 1.87. The third kappa shape index (κ3) is 5.84. The molecule has 0 aliphatic carbocycles. The minimum absolute atomic E-state index is 0.208. The van der Waals surface area contributed by atoms with Crippen molar-refractivity contribution in [3.05, 3.63) is 47.3 Å². The van der Waals surface area contributed by atoms with Crippen LogP contribution in [0.4, 0.5) is 4.39 Å². The van der Waals surface area contributed by atoms with Crippen molar-refractivity contribution in [3.8, 4) is 0 Å². The molecule has 1 rings (SSSR count). The van der Waals surface area contributed by atoms with Crippen molar-refractivity contribution in [1.29, 1.82) is 0 Å². The maximum atomic E-state index is 13.9. The van der Waals surface area contributed by atoms with Gasteiger partial charge in [-0.3, -0.25) is 0 Å². The maximum absolute atomic E-state index is 13.9. The standard InChI is InChI=1S/C15H23FN4/c1-11(2)8-18-15(17)19-9-12-5-6-13(10-20(3)4)14(16)7-12/h5-7H,1,8-10H2,2-4H3,(H3,17,18,19). The normalized spacial score (nSPS) is 11.8. The lowest BCUT2D eigenvalue weighted by Gasteiger charge is -2.11. The number of benzene rings is 1. The summed E-state index contributed by atoms with van der Waals surface area (Å²) in [6.45, 7) is 7.19. The highest BCUT2D eigenvalue weighted by Crippen LogP contribution is 2.12. The Bertz CT molecular complexity index is 495. The summed E-state index contributed by atoms with van der Waals surface area (Å²) in [6.07, 6.45) is 0. The molecule has 0 bridgehead atoms. The molecule has 0 saturated carbocycles. The van der Waals surface area contributed by atoms with Gasteiger partial charge in [-0.1, -0.05) is 24.3 Å². The number of guanidine groups is 1. The molecule has 3 N–H and O–H groups in total. The first-order valence-electron chi connectivity index (χ1n) is 6.48. The number of rotatable bonds is 6. The van der Waals surface area contributed by atoms with Crippen LogP contribution in [0.25, 0.3) is 0 Å². The lowest BCUT2D eigenvalue weighted by atomic mass is 10.1. The van der Waals surface area contributed by atoms with Crippen molar-refractivity contribution in [2.45, 2.75) is 20.0 Å². The molecule has 0 saturated heterocycles. The van der Waals surface area contributed by atoms with Crippen LogP contribution in [0.15, 0.2) is 35.3 Å². The Balaban J connectivity index is 2.62. The van der Waals surface area contributed by atoms with Gasteiger partial charge >= 0.3 is 0 Å². The minimum Gasteiger partial charge on any atom is -0.370 e. The molecule has 0 aliphatic heterocycles. The first-order chi connectivity index (χ1) is 9.38. The SMILES string of the molecule is C=C(C)CNC(N)=NCc1ccc(CN(C)C)c(F)c1. The van der Waals surface area contributed by atoms with Crippen molar-refractivity contribution in [1.82, 2.24) is 10.2 Å². The van der Waals surface area contributed by atoms with E-state index in [2.05, 4.69) is 16.9 Å². The Hall–Kier alpha value is -1.88. The lowest BCUT2D eigenvalue weighted by molar-refractivity contribution is 0.392. The molecule has 20 heavy (non-hydrogen) atoms. The van der Waals surface area contributed by atoms with Gasteiger partial charge in [-0.25, -0.2) is 9.38 Å². The summed E-state index contributed by atoms with van der Waals surface area (Å²) in [4.78, 5) is 6.09. The zero-order valence-electron chi connectivity index (χ0n) is 12.4. The first-order valence-corrected chi connectivity index (χ1v) is 6.48. The van der Waals surface area contributed by atoms with E-state index in [0.29, 0.717) is 31.2 Å². The van der Waals surface area contributed by atoms with Gasteiger partial charge in [0, 0.05) is 18.7 Å². The van der Waals surface area contributed by atoms with Crippen LogP contribution in [-0.4, -0.2) is 31.5 Å². The fourth-order valence-corrected chi connectivity index (χ4v) is 1.63. The average molecular weight is 278 g/mol. The van der Waals surface area contributed by atoms with Gasteiger partial charge in [0.25, 0.3) is 0 Å². The topological polar surface area (TPSA) is 53.6 Å². The Morgan fingerprint density at radius 2 is 2.15 bits per heavy atom. The molecule has 4 nitrogen and oxygen atoms in total. The Morgan fingerprint density at radius 3 is 2.70 bits per heavy atom. The van der Waals surface area contributed by atoms with Crippen LogP contribution < -0.4 is 11.1 Å². The van der Waals surface area contributed by atoms with Crippen LogP contribution in [0, 0.1) is 5.82 Å². The van der Waals surface area contributed by atoms with Crippen molar-refractivity contribution in [2.24, 2.45) is 10.7 Å². The fourth-order valence-electron chi connectivity index (χ4n) is 1.63. The van der Waals surface area contributed by atoms with Crippen molar-refractivity contribution in [2.75, 3.05) is 20.6 Å². The van der Waals surface area contributed by atoms with Gasteiger partial charge in [0.15, 0.2) is 5.96 Å². The van der Waals surface area contributed by atoms with Gasteiger partial charge < -0.3 is 16.0 Å². The molecule has 0 amide bonds. The second kappa shape index (κ2) is 7.65. The van der Waals surface area contributed by atoms with E-state index >= 15 is 0 Å². The largest absolute Gasteiger partial charge is 0.370 e. The Morgan fingerprint density at radius 1 is 1.45 bits per heavy atom. The molecule has 0 unspecified atom stereocenters. The van der Waals surface area contributed by atoms with Crippen LogP contribution in [0.3, 0.4) is 0 Å². The van der Waals surface area contributed by atoms with Gasteiger partial charge in [0.2, 0.25) is 0 Å². The van der Waals surface area contributed by atoms with E-state index in [1.807, 2.05) is 32.0 Å². The number of nitrogens with two attached hydrogens (primary N) is 1. The third-order valence-electron chi connectivity index (χ3n) is 2.61. The lowest BCUT2D eigenvalue weighted by Crippen LogP contribution is -2.32. The number of nitrogens with one attached hydrogen (secondary N) is 1. The van der Waals surface area contributed by atoms with E-state index in [1.165, 1.54) is 6.07 Å². The summed E-state index contributed by atoms with van der Waals surface area (Å²) in [6, 6.07) is 5.17. The average Bonchev–Trinajstić information content (AvgIpc) is 2.36. The fraction of sp³-hybridized carbons (Fsp3) is 0.400. The highest BCUT2D eigenvalue weighted by molar-refractivity contribution is 5.78. The van der Waals surface area contributed by atoms with Crippen LogP contribution >= 0.6 is 0 Å². The van der Waals surface area contributed by atoms with Gasteiger partial charge in [-0.05, 0) is 32.6 Å². The van der Waals surface area contributed by atoms with Crippen molar-refractivity contribution < 1.29 is 4.39 Å². The van der Waals surface area contributed by atoms with E-state index in [4.69, 9.17) is 5.73 Å². The molecular formula is C15H23FN4. The number of aliphatic imine (C=N–C) groups is 1.